The summed E-state index contributed by atoms with van der Waals surface area (Å²) in [5.41, 5.74) is 1.73. The lowest BCUT2D eigenvalue weighted by Crippen LogP contribution is -2.23. The summed E-state index contributed by atoms with van der Waals surface area (Å²) in [5.74, 6) is 0.181. The van der Waals surface area contributed by atoms with Crippen LogP contribution in [0.15, 0.2) is 24.3 Å². The Labute approximate surface area is 139 Å². The zero-order chi connectivity index (χ0) is 17.3. The fraction of sp³-hybridized carbons (Fsp3) is 0.375. The number of hydrogen-bond acceptors (Lipinski definition) is 5. The molecule has 1 fully saturated rings. The van der Waals surface area contributed by atoms with E-state index in [2.05, 4.69) is 15.3 Å². The van der Waals surface area contributed by atoms with E-state index in [0.717, 1.165) is 37.3 Å². The van der Waals surface area contributed by atoms with E-state index in [1.165, 1.54) is 12.1 Å². The summed E-state index contributed by atoms with van der Waals surface area (Å²) in [4.78, 5) is 25.4. The van der Waals surface area contributed by atoms with E-state index in [9.17, 15) is 14.9 Å². The summed E-state index contributed by atoms with van der Waals surface area (Å²) in [6.45, 7) is 3.53. The highest BCUT2D eigenvalue weighted by atomic mass is 16.6. The lowest BCUT2D eigenvalue weighted by Gasteiger charge is -2.20. The zero-order valence-electron chi connectivity index (χ0n) is 13.7. The van der Waals surface area contributed by atoms with Gasteiger partial charge in [-0.15, -0.1) is 0 Å². The Balaban J connectivity index is 1.96. The highest BCUT2D eigenvalue weighted by Crippen LogP contribution is 2.29. The number of hydrogen-bond donors (Lipinski definition) is 1. The van der Waals surface area contributed by atoms with Crippen molar-refractivity contribution in [2.24, 2.45) is 7.05 Å². The third-order valence-corrected chi connectivity index (χ3v) is 4.13. The number of benzene rings is 1. The number of rotatable bonds is 4. The van der Waals surface area contributed by atoms with Gasteiger partial charge in [0.15, 0.2) is 0 Å². The SMILES string of the molecule is Cc1cc(NC(=O)c2cc([N+](=O)[O-])ccc2N2CCCC2)n(C)n1. The van der Waals surface area contributed by atoms with Crippen molar-refractivity contribution < 1.29 is 9.72 Å². The van der Waals surface area contributed by atoms with Crippen LogP contribution in [0.5, 0.6) is 0 Å². The number of nitro benzene ring substituents is 1. The quantitative estimate of drug-likeness (QED) is 0.687. The number of carbonyl (C=O) groups excluding carboxylic acids is 1. The molecule has 3 rings (SSSR count). The molecule has 0 aliphatic carbocycles. The van der Waals surface area contributed by atoms with Crippen LogP contribution in [0.25, 0.3) is 0 Å². The summed E-state index contributed by atoms with van der Waals surface area (Å²) in [6.07, 6.45) is 2.11. The topological polar surface area (TPSA) is 93.3 Å². The van der Waals surface area contributed by atoms with Crippen LogP contribution in [0, 0.1) is 17.0 Å². The Hall–Kier alpha value is -2.90. The van der Waals surface area contributed by atoms with Gasteiger partial charge in [0.25, 0.3) is 11.6 Å². The Morgan fingerprint density at radius 3 is 2.58 bits per heavy atom. The first kappa shape index (κ1) is 16.0. The maximum absolute atomic E-state index is 12.7. The number of nitrogens with one attached hydrogen (secondary N) is 1. The van der Waals surface area contributed by atoms with Crippen LogP contribution < -0.4 is 10.2 Å². The number of carbonyl (C=O) groups is 1. The molecule has 1 amide bonds. The molecule has 1 aromatic heterocycles. The van der Waals surface area contributed by atoms with Gasteiger partial charge < -0.3 is 10.2 Å². The molecular weight excluding hydrogens is 310 g/mol. The standard InChI is InChI=1S/C16H19N5O3/c1-11-9-15(19(2)18-11)17-16(22)13-10-12(21(23)24)5-6-14(13)20-7-3-4-8-20/h5-6,9-10H,3-4,7-8H2,1-2H3,(H,17,22). The largest absolute Gasteiger partial charge is 0.371 e. The van der Waals surface area contributed by atoms with Crippen molar-refractivity contribution in [1.29, 1.82) is 0 Å². The normalized spacial score (nSPS) is 14.0. The van der Waals surface area contributed by atoms with Gasteiger partial charge in [-0.05, 0) is 25.8 Å². The van der Waals surface area contributed by atoms with Crippen LogP contribution in [-0.4, -0.2) is 33.7 Å². The van der Waals surface area contributed by atoms with Gasteiger partial charge in [0.2, 0.25) is 0 Å². The molecule has 0 radical (unpaired) electrons. The molecule has 0 atom stereocenters. The molecule has 1 N–H and O–H groups in total. The highest BCUT2D eigenvalue weighted by molar-refractivity contribution is 6.08. The molecule has 1 saturated heterocycles. The average Bonchev–Trinajstić information content (AvgIpc) is 3.17. The lowest BCUT2D eigenvalue weighted by atomic mass is 10.1. The molecule has 2 heterocycles. The lowest BCUT2D eigenvalue weighted by molar-refractivity contribution is -0.384. The molecule has 1 aliphatic heterocycles. The molecule has 24 heavy (non-hydrogen) atoms. The van der Waals surface area contributed by atoms with E-state index in [-0.39, 0.29) is 11.6 Å². The van der Waals surface area contributed by atoms with Crippen molar-refractivity contribution in [2.45, 2.75) is 19.8 Å². The average molecular weight is 329 g/mol. The van der Waals surface area contributed by atoms with Crippen molar-refractivity contribution in [1.82, 2.24) is 9.78 Å². The van der Waals surface area contributed by atoms with Crippen LogP contribution in [0.3, 0.4) is 0 Å². The fourth-order valence-corrected chi connectivity index (χ4v) is 2.96. The summed E-state index contributed by atoms with van der Waals surface area (Å²) >= 11 is 0. The Bertz CT molecular complexity index is 793. The number of nitro groups is 1. The molecule has 0 unspecified atom stereocenters. The molecule has 0 saturated carbocycles. The highest BCUT2D eigenvalue weighted by Gasteiger charge is 2.23. The van der Waals surface area contributed by atoms with Gasteiger partial charge in [0, 0.05) is 38.3 Å². The predicted octanol–water partition coefficient (Wildman–Crippen LogP) is 2.49. The number of nitrogens with zero attached hydrogens (tertiary/aromatic N) is 4. The summed E-state index contributed by atoms with van der Waals surface area (Å²) in [6, 6.07) is 6.20. The van der Waals surface area contributed by atoms with E-state index < -0.39 is 4.92 Å². The van der Waals surface area contributed by atoms with Crippen LogP contribution in [-0.2, 0) is 7.05 Å². The molecule has 0 bridgehead atoms. The minimum absolute atomic E-state index is 0.0933. The van der Waals surface area contributed by atoms with E-state index in [1.807, 2.05) is 6.92 Å². The second-order valence-corrected chi connectivity index (χ2v) is 5.90. The van der Waals surface area contributed by atoms with Gasteiger partial charge in [-0.3, -0.25) is 19.6 Å². The maximum Gasteiger partial charge on any atom is 0.270 e. The molecule has 8 nitrogen and oxygen atoms in total. The number of non-ortho nitro benzene ring substituents is 1. The number of anilines is 2. The van der Waals surface area contributed by atoms with Crippen LogP contribution in [0.4, 0.5) is 17.2 Å². The third-order valence-electron chi connectivity index (χ3n) is 4.13. The summed E-state index contributed by atoms with van der Waals surface area (Å²) in [7, 11) is 1.73. The van der Waals surface area contributed by atoms with Crippen molar-refractivity contribution in [3.8, 4) is 0 Å². The van der Waals surface area contributed by atoms with Crippen molar-refractivity contribution in [3.63, 3.8) is 0 Å². The van der Waals surface area contributed by atoms with E-state index in [4.69, 9.17) is 0 Å². The van der Waals surface area contributed by atoms with Gasteiger partial charge in [-0.1, -0.05) is 0 Å². The minimum atomic E-state index is -0.487. The van der Waals surface area contributed by atoms with Gasteiger partial charge in [0.1, 0.15) is 5.82 Å². The Morgan fingerprint density at radius 1 is 1.29 bits per heavy atom. The van der Waals surface area contributed by atoms with Crippen molar-refractivity contribution >= 4 is 23.1 Å². The van der Waals surface area contributed by atoms with Gasteiger partial charge in [-0.25, -0.2) is 0 Å². The van der Waals surface area contributed by atoms with Crippen molar-refractivity contribution in [3.05, 3.63) is 45.6 Å². The maximum atomic E-state index is 12.7. The molecule has 1 aliphatic rings. The number of aryl methyl sites for hydroxylation is 2. The number of aromatic nitrogens is 2. The molecule has 2 aromatic rings. The fourth-order valence-electron chi connectivity index (χ4n) is 2.96. The van der Waals surface area contributed by atoms with E-state index in [0.29, 0.717) is 11.4 Å². The minimum Gasteiger partial charge on any atom is -0.371 e. The van der Waals surface area contributed by atoms with Gasteiger partial charge >= 0.3 is 0 Å². The second kappa shape index (κ2) is 6.31. The molecule has 126 valence electrons. The first-order valence-corrected chi connectivity index (χ1v) is 7.81. The monoisotopic (exact) mass is 329 g/mol. The smallest absolute Gasteiger partial charge is 0.270 e. The zero-order valence-corrected chi connectivity index (χ0v) is 13.7. The molecule has 0 spiro atoms. The number of amides is 1. The Morgan fingerprint density at radius 2 is 2.00 bits per heavy atom. The van der Waals surface area contributed by atoms with Crippen LogP contribution in [0.1, 0.15) is 28.9 Å². The van der Waals surface area contributed by atoms with Gasteiger partial charge in [-0.2, -0.15) is 5.10 Å². The summed E-state index contributed by atoms with van der Waals surface area (Å²) < 4.78 is 1.57. The van der Waals surface area contributed by atoms with Gasteiger partial charge in [0.05, 0.1) is 21.9 Å². The second-order valence-electron chi connectivity index (χ2n) is 5.90. The third kappa shape index (κ3) is 3.08. The molecule has 1 aromatic carbocycles. The predicted molar refractivity (Wildman–Crippen MR) is 90.4 cm³/mol. The molecule has 8 heteroatoms. The van der Waals surface area contributed by atoms with Crippen molar-refractivity contribution in [2.75, 3.05) is 23.3 Å². The molecular formula is C16H19N5O3. The summed E-state index contributed by atoms with van der Waals surface area (Å²) in [5, 5.41) is 18.0. The first-order chi connectivity index (χ1) is 11.5. The van der Waals surface area contributed by atoms with E-state index >= 15 is 0 Å². The van der Waals surface area contributed by atoms with Crippen LogP contribution in [0.2, 0.25) is 0 Å². The van der Waals surface area contributed by atoms with Crippen LogP contribution >= 0.6 is 0 Å². The first-order valence-electron chi connectivity index (χ1n) is 7.81. The Kier molecular flexibility index (Phi) is 4.20. The van der Waals surface area contributed by atoms with E-state index in [1.54, 1.807) is 23.9 Å².